The lowest BCUT2D eigenvalue weighted by atomic mass is 9.93. The van der Waals surface area contributed by atoms with Crippen LogP contribution in [0.1, 0.15) is 47.0 Å². The quantitative estimate of drug-likeness (QED) is 0.620. The van der Waals surface area contributed by atoms with E-state index < -0.39 is 5.54 Å². The predicted molar refractivity (Wildman–Crippen MR) is 66.2 cm³/mol. The summed E-state index contributed by atoms with van der Waals surface area (Å²) in [5.74, 6) is -0.0537. The lowest BCUT2D eigenvalue weighted by Gasteiger charge is -2.25. The fourth-order valence-corrected chi connectivity index (χ4v) is 1.34. The van der Waals surface area contributed by atoms with E-state index >= 15 is 0 Å². The van der Waals surface area contributed by atoms with Crippen molar-refractivity contribution >= 4 is 5.91 Å². The number of amides is 1. The monoisotopic (exact) mass is 230 g/mol. The van der Waals surface area contributed by atoms with Crippen molar-refractivity contribution in [1.82, 2.24) is 5.32 Å². The zero-order chi connectivity index (χ0) is 12.6. The van der Waals surface area contributed by atoms with Crippen LogP contribution in [-0.4, -0.2) is 30.7 Å². The first-order valence-electron chi connectivity index (χ1n) is 6.15. The van der Waals surface area contributed by atoms with Gasteiger partial charge in [0.15, 0.2) is 0 Å². The Kier molecular flexibility index (Phi) is 7.34. The molecule has 0 saturated carbocycles. The lowest BCUT2D eigenvalue weighted by Crippen LogP contribution is -2.53. The van der Waals surface area contributed by atoms with Crippen LogP contribution in [0.4, 0.5) is 0 Å². The van der Waals surface area contributed by atoms with Gasteiger partial charge in [-0.05, 0) is 33.1 Å². The second kappa shape index (κ2) is 7.63. The van der Waals surface area contributed by atoms with Crippen molar-refractivity contribution in [1.29, 1.82) is 0 Å². The molecule has 0 unspecified atom stereocenters. The van der Waals surface area contributed by atoms with E-state index in [0.29, 0.717) is 26.0 Å². The standard InChI is InChI=1S/C12H26N2O2/c1-5-12(13,6-2)11(15)14-8-7-9-16-10(3)4/h10H,5-9,13H2,1-4H3,(H,14,15). The van der Waals surface area contributed by atoms with Crippen LogP contribution in [0.15, 0.2) is 0 Å². The number of carbonyl (C=O) groups excluding carboxylic acids is 1. The molecule has 0 atom stereocenters. The van der Waals surface area contributed by atoms with Gasteiger partial charge in [-0.2, -0.15) is 0 Å². The smallest absolute Gasteiger partial charge is 0.240 e. The summed E-state index contributed by atoms with van der Waals surface area (Å²) >= 11 is 0. The van der Waals surface area contributed by atoms with Crippen molar-refractivity contribution in [2.75, 3.05) is 13.2 Å². The van der Waals surface area contributed by atoms with Crippen molar-refractivity contribution < 1.29 is 9.53 Å². The van der Waals surface area contributed by atoms with Crippen LogP contribution in [0.5, 0.6) is 0 Å². The van der Waals surface area contributed by atoms with Gasteiger partial charge in [0.2, 0.25) is 5.91 Å². The van der Waals surface area contributed by atoms with Crippen molar-refractivity contribution in [2.45, 2.75) is 58.6 Å². The Morgan fingerprint density at radius 1 is 1.38 bits per heavy atom. The predicted octanol–water partition coefficient (Wildman–Crippen LogP) is 1.44. The van der Waals surface area contributed by atoms with E-state index in [-0.39, 0.29) is 12.0 Å². The zero-order valence-corrected chi connectivity index (χ0v) is 11.0. The molecule has 1 amide bonds. The van der Waals surface area contributed by atoms with Gasteiger partial charge in [-0.15, -0.1) is 0 Å². The largest absolute Gasteiger partial charge is 0.379 e. The van der Waals surface area contributed by atoms with E-state index in [0.717, 1.165) is 6.42 Å². The highest BCUT2D eigenvalue weighted by atomic mass is 16.5. The Bertz CT molecular complexity index is 201. The molecule has 4 heteroatoms. The number of rotatable bonds is 8. The maximum atomic E-state index is 11.7. The Balaban J connectivity index is 3.73. The van der Waals surface area contributed by atoms with Crippen LogP contribution in [0.25, 0.3) is 0 Å². The average molecular weight is 230 g/mol. The first-order valence-corrected chi connectivity index (χ1v) is 6.15. The van der Waals surface area contributed by atoms with E-state index in [1.807, 2.05) is 27.7 Å². The first kappa shape index (κ1) is 15.4. The highest BCUT2D eigenvalue weighted by Gasteiger charge is 2.29. The molecule has 0 fully saturated rings. The molecule has 0 aliphatic rings. The maximum absolute atomic E-state index is 11.7. The summed E-state index contributed by atoms with van der Waals surface area (Å²) in [5, 5.41) is 2.85. The number of ether oxygens (including phenoxy) is 1. The molecular formula is C12H26N2O2. The summed E-state index contributed by atoms with van der Waals surface area (Å²) < 4.78 is 5.38. The van der Waals surface area contributed by atoms with Crippen LogP contribution < -0.4 is 11.1 Å². The van der Waals surface area contributed by atoms with Gasteiger partial charge >= 0.3 is 0 Å². The summed E-state index contributed by atoms with van der Waals surface area (Å²) in [4.78, 5) is 11.7. The summed E-state index contributed by atoms with van der Waals surface area (Å²) in [5.41, 5.74) is 5.25. The minimum Gasteiger partial charge on any atom is -0.379 e. The minimum absolute atomic E-state index is 0.0537. The molecule has 0 radical (unpaired) electrons. The Morgan fingerprint density at radius 3 is 2.38 bits per heavy atom. The van der Waals surface area contributed by atoms with E-state index in [2.05, 4.69) is 5.32 Å². The molecule has 0 aliphatic heterocycles. The van der Waals surface area contributed by atoms with Crippen molar-refractivity contribution in [3.63, 3.8) is 0 Å². The van der Waals surface area contributed by atoms with Gasteiger partial charge in [-0.3, -0.25) is 4.79 Å². The lowest BCUT2D eigenvalue weighted by molar-refractivity contribution is -0.126. The molecule has 0 aromatic rings. The van der Waals surface area contributed by atoms with E-state index in [1.165, 1.54) is 0 Å². The van der Waals surface area contributed by atoms with E-state index in [4.69, 9.17) is 10.5 Å². The second-order valence-corrected chi connectivity index (χ2v) is 4.39. The molecule has 0 rings (SSSR count). The van der Waals surface area contributed by atoms with Crippen molar-refractivity contribution in [2.24, 2.45) is 5.73 Å². The highest BCUT2D eigenvalue weighted by molar-refractivity contribution is 5.85. The molecule has 0 heterocycles. The van der Waals surface area contributed by atoms with Crippen molar-refractivity contribution in [3.8, 4) is 0 Å². The van der Waals surface area contributed by atoms with Gasteiger partial charge < -0.3 is 15.8 Å². The average Bonchev–Trinajstić information content (AvgIpc) is 2.26. The summed E-state index contributed by atoms with van der Waals surface area (Å²) in [6, 6.07) is 0. The molecule has 4 nitrogen and oxygen atoms in total. The van der Waals surface area contributed by atoms with Crippen LogP contribution >= 0.6 is 0 Å². The first-order chi connectivity index (χ1) is 7.46. The molecule has 0 spiro atoms. The number of hydrogen-bond donors (Lipinski definition) is 2. The topological polar surface area (TPSA) is 64.4 Å². The number of carbonyl (C=O) groups is 1. The number of nitrogens with two attached hydrogens (primary N) is 1. The summed E-state index contributed by atoms with van der Waals surface area (Å²) in [6.07, 6.45) is 2.40. The summed E-state index contributed by atoms with van der Waals surface area (Å²) in [6.45, 7) is 9.17. The number of hydrogen-bond acceptors (Lipinski definition) is 3. The zero-order valence-electron chi connectivity index (χ0n) is 11.0. The van der Waals surface area contributed by atoms with Crippen LogP contribution in [0, 0.1) is 0 Å². The van der Waals surface area contributed by atoms with Gasteiger partial charge in [0.05, 0.1) is 11.6 Å². The fourth-order valence-electron chi connectivity index (χ4n) is 1.34. The third kappa shape index (κ3) is 5.47. The van der Waals surface area contributed by atoms with Gasteiger partial charge in [0.1, 0.15) is 0 Å². The molecule has 0 saturated heterocycles. The Labute approximate surface area is 98.9 Å². The van der Waals surface area contributed by atoms with Gasteiger partial charge in [-0.1, -0.05) is 13.8 Å². The molecule has 16 heavy (non-hydrogen) atoms. The minimum atomic E-state index is -0.709. The van der Waals surface area contributed by atoms with Crippen LogP contribution in [0.2, 0.25) is 0 Å². The van der Waals surface area contributed by atoms with Crippen molar-refractivity contribution in [3.05, 3.63) is 0 Å². The highest BCUT2D eigenvalue weighted by Crippen LogP contribution is 2.10. The second-order valence-electron chi connectivity index (χ2n) is 4.39. The normalized spacial score (nSPS) is 11.9. The third-order valence-corrected chi connectivity index (χ3v) is 2.77. The van der Waals surface area contributed by atoms with Gasteiger partial charge in [-0.25, -0.2) is 0 Å². The molecule has 3 N–H and O–H groups in total. The van der Waals surface area contributed by atoms with E-state index in [9.17, 15) is 4.79 Å². The molecule has 0 bridgehead atoms. The molecular weight excluding hydrogens is 204 g/mol. The molecule has 0 aromatic heterocycles. The fraction of sp³-hybridized carbons (Fsp3) is 0.917. The SMILES string of the molecule is CCC(N)(CC)C(=O)NCCCOC(C)C. The third-order valence-electron chi connectivity index (χ3n) is 2.77. The summed E-state index contributed by atoms with van der Waals surface area (Å²) in [7, 11) is 0. The molecule has 0 aromatic carbocycles. The molecule has 0 aliphatic carbocycles. The van der Waals surface area contributed by atoms with E-state index in [1.54, 1.807) is 0 Å². The van der Waals surface area contributed by atoms with Gasteiger partial charge in [0.25, 0.3) is 0 Å². The maximum Gasteiger partial charge on any atom is 0.240 e. The Morgan fingerprint density at radius 2 is 1.94 bits per heavy atom. The molecule has 96 valence electrons. The Hall–Kier alpha value is -0.610. The van der Waals surface area contributed by atoms with Gasteiger partial charge in [0, 0.05) is 13.2 Å². The van der Waals surface area contributed by atoms with Crippen LogP contribution in [0.3, 0.4) is 0 Å². The number of nitrogens with one attached hydrogen (secondary N) is 1. The van der Waals surface area contributed by atoms with Crippen LogP contribution in [-0.2, 0) is 9.53 Å².